The summed E-state index contributed by atoms with van der Waals surface area (Å²) in [7, 11) is 0. The molecule has 1 aliphatic heterocycles. The van der Waals surface area contributed by atoms with E-state index >= 15 is 0 Å². The van der Waals surface area contributed by atoms with E-state index in [1.54, 1.807) is 6.07 Å². The Labute approximate surface area is 125 Å². The lowest BCUT2D eigenvalue weighted by Gasteiger charge is -2.40. The molecule has 3 N–H and O–H groups in total. The van der Waals surface area contributed by atoms with E-state index < -0.39 is 0 Å². The van der Waals surface area contributed by atoms with Gasteiger partial charge in [0.05, 0.1) is 18.8 Å². The van der Waals surface area contributed by atoms with Crippen LogP contribution < -0.4 is 11.1 Å². The van der Waals surface area contributed by atoms with Crippen molar-refractivity contribution in [1.82, 2.24) is 4.90 Å². The number of benzene rings is 1. The second kappa shape index (κ2) is 6.03. The Hall–Kier alpha value is -1.59. The molecule has 5 heteroatoms. The Bertz CT molecular complexity index is 520. The number of fused-ring (bicyclic) bond motifs is 1. The molecule has 1 amide bonds. The van der Waals surface area contributed by atoms with E-state index in [9.17, 15) is 4.79 Å². The summed E-state index contributed by atoms with van der Waals surface area (Å²) in [4.78, 5) is 14.8. The number of ether oxygens (including phenoxy) is 1. The van der Waals surface area contributed by atoms with E-state index in [2.05, 4.69) is 10.2 Å². The molecule has 0 spiro atoms. The molecule has 0 aromatic heterocycles. The maximum atomic E-state index is 12.5. The van der Waals surface area contributed by atoms with Gasteiger partial charge in [0.25, 0.3) is 0 Å². The summed E-state index contributed by atoms with van der Waals surface area (Å²) in [6.45, 7) is 3.52. The Morgan fingerprint density at radius 1 is 1.48 bits per heavy atom. The molecular formula is C16H23N3O2. The smallest absolute Gasteiger partial charge is 0.241 e. The molecule has 0 radical (unpaired) electrons. The van der Waals surface area contributed by atoms with Crippen molar-refractivity contribution < 1.29 is 9.53 Å². The first-order chi connectivity index (χ1) is 10.1. The van der Waals surface area contributed by atoms with E-state index in [0.29, 0.717) is 17.8 Å². The lowest BCUT2D eigenvalue weighted by Crippen LogP contribution is -2.55. The van der Waals surface area contributed by atoms with Gasteiger partial charge in [-0.05, 0) is 44.4 Å². The molecule has 114 valence electrons. The highest BCUT2D eigenvalue weighted by molar-refractivity contribution is 5.94. The Morgan fingerprint density at radius 3 is 3.14 bits per heavy atom. The number of carbonyl (C=O) groups is 1. The van der Waals surface area contributed by atoms with Crippen molar-refractivity contribution >= 4 is 17.3 Å². The van der Waals surface area contributed by atoms with Crippen molar-refractivity contribution in [3.05, 3.63) is 24.3 Å². The van der Waals surface area contributed by atoms with Crippen LogP contribution in [-0.4, -0.2) is 42.1 Å². The monoisotopic (exact) mass is 289 g/mol. The van der Waals surface area contributed by atoms with Crippen LogP contribution in [0.2, 0.25) is 0 Å². The minimum atomic E-state index is -0.152. The average molecular weight is 289 g/mol. The first-order valence-electron chi connectivity index (χ1n) is 7.69. The highest BCUT2D eigenvalue weighted by Crippen LogP contribution is 2.31. The zero-order valence-corrected chi connectivity index (χ0v) is 12.4. The molecule has 1 aromatic carbocycles. The van der Waals surface area contributed by atoms with Crippen molar-refractivity contribution in [2.45, 2.75) is 44.4 Å². The fourth-order valence-corrected chi connectivity index (χ4v) is 3.45. The Morgan fingerprint density at radius 2 is 2.33 bits per heavy atom. The van der Waals surface area contributed by atoms with Gasteiger partial charge in [-0.15, -0.1) is 0 Å². The number of nitrogens with zero attached hydrogens (tertiary/aromatic N) is 1. The van der Waals surface area contributed by atoms with Crippen LogP contribution in [-0.2, 0) is 9.53 Å². The number of amides is 1. The quantitative estimate of drug-likeness (QED) is 0.833. The van der Waals surface area contributed by atoms with Gasteiger partial charge in [-0.25, -0.2) is 0 Å². The van der Waals surface area contributed by atoms with Crippen LogP contribution in [0.5, 0.6) is 0 Å². The highest BCUT2D eigenvalue weighted by atomic mass is 16.5. The third-order valence-corrected chi connectivity index (χ3v) is 4.56. The first kappa shape index (κ1) is 14.4. The molecule has 5 nitrogen and oxygen atoms in total. The van der Waals surface area contributed by atoms with E-state index in [1.807, 2.05) is 25.1 Å². The van der Waals surface area contributed by atoms with Gasteiger partial charge in [-0.3, -0.25) is 9.69 Å². The second-order valence-corrected chi connectivity index (χ2v) is 5.94. The van der Waals surface area contributed by atoms with Crippen LogP contribution in [0.15, 0.2) is 24.3 Å². The molecule has 1 aliphatic carbocycles. The van der Waals surface area contributed by atoms with E-state index in [1.165, 1.54) is 6.42 Å². The van der Waals surface area contributed by atoms with Gasteiger partial charge < -0.3 is 15.8 Å². The summed E-state index contributed by atoms with van der Waals surface area (Å²) < 4.78 is 5.81. The van der Waals surface area contributed by atoms with Crippen LogP contribution in [0.4, 0.5) is 11.4 Å². The molecule has 2 aliphatic rings. The van der Waals surface area contributed by atoms with Crippen molar-refractivity contribution in [2.75, 3.05) is 24.2 Å². The molecule has 1 saturated carbocycles. The summed E-state index contributed by atoms with van der Waals surface area (Å²) in [5, 5.41) is 2.96. The minimum Gasteiger partial charge on any atom is -0.399 e. The van der Waals surface area contributed by atoms with Crippen LogP contribution >= 0.6 is 0 Å². The lowest BCUT2D eigenvalue weighted by atomic mass is 10.1. The number of carbonyl (C=O) groups excluding carboxylic acids is 1. The van der Waals surface area contributed by atoms with Crippen molar-refractivity contribution in [3.8, 4) is 0 Å². The van der Waals surface area contributed by atoms with Gasteiger partial charge in [0.1, 0.15) is 0 Å². The summed E-state index contributed by atoms with van der Waals surface area (Å²) in [5.74, 6) is 0.0214. The summed E-state index contributed by atoms with van der Waals surface area (Å²) in [6, 6.07) is 7.53. The maximum Gasteiger partial charge on any atom is 0.241 e. The fraction of sp³-hybridized carbons (Fsp3) is 0.562. The van der Waals surface area contributed by atoms with Crippen LogP contribution in [0, 0.1) is 0 Å². The van der Waals surface area contributed by atoms with Gasteiger partial charge in [-0.2, -0.15) is 0 Å². The molecule has 0 bridgehead atoms. The molecule has 2 fully saturated rings. The van der Waals surface area contributed by atoms with Gasteiger partial charge in [0.15, 0.2) is 0 Å². The largest absolute Gasteiger partial charge is 0.399 e. The number of nitrogen functional groups attached to an aromatic ring is 1. The molecule has 1 saturated heterocycles. The summed E-state index contributed by atoms with van der Waals surface area (Å²) >= 11 is 0. The average Bonchev–Trinajstić information content (AvgIpc) is 2.94. The molecule has 3 unspecified atom stereocenters. The van der Waals surface area contributed by atoms with Crippen molar-refractivity contribution in [2.24, 2.45) is 0 Å². The van der Waals surface area contributed by atoms with Gasteiger partial charge in [0.2, 0.25) is 5.91 Å². The van der Waals surface area contributed by atoms with Gasteiger partial charge in [0, 0.05) is 24.0 Å². The van der Waals surface area contributed by atoms with E-state index in [-0.39, 0.29) is 11.9 Å². The molecule has 1 heterocycles. The van der Waals surface area contributed by atoms with Crippen molar-refractivity contribution in [3.63, 3.8) is 0 Å². The minimum absolute atomic E-state index is 0.0214. The second-order valence-electron chi connectivity index (χ2n) is 5.94. The van der Waals surface area contributed by atoms with Gasteiger partial charge >= 0.3 is 0 Å². The predicted molar refractivity (Wildman–Crippen MR) is 83.0 cm³/mol. The third-order valence-electron chi connectivity index (χ3n) is 4.56. The molecule has 3 atom stereocenters. The Kier molecular flexibility index (Phi) is 4.12. The zero-order valence-electron chi connectivity index (χ0n) is 12.4. The number of morpholine rings is 1. The number of nitrogens with two attached hydrogens (primary N) is 1. The number of hydrogen-bond donors (Lipinski definition) is 2. The van der Waals surface area contributed by atoms with Crippen molar-refractivity contribution in [1.29, 1.82) is 0 Å². The number of rotatable bonds is 3. The van der Waals surface area contributed by atoms with Gasteiger partial charge in [-0.1, -0.05) is 6.07 Å². The van der Waals surface area contributed by atoms with Crippen LogP contribution in [0.25, 0.3) is 0 Å². The fourth-order valence-electron chi connectivity index (χ4n) is 3.45. The molecule has 1 aromatic rings. The number of nitrogens with one attached hydrogen (secondary N) is 1. The third kappa shape index (κ3) is 3.04. The molecular weight excluding hydrogens is 266 g/mol. The van der Waals surface area contributed by atoms with E-state index in [0.717, 1.165) is 31.7 Å². The van der Waals surface area contributed by atoms with E-state index in [4.69, 9.17) is 10.5 Å². The number of hydrogen-bond acceptors (Lipinski definition) is 4. The first-order valence-corrected chi connectivity index (χ1v) is 7.69. The number of anilines is 2. The standard InChI is InChI=1S/C16H23N3O2/c1-11(16(20)18-13-5-2-4-12(17)10-13)19-8-9-21-15-7-3-6-14(15)19/h2,4-5,10-11,14-15H,3,6-9,17H2,1H3,(H,18,20). The molecule has 3 rings (SSSR count). The summed E-state index contributed by atoms with van der Waals surface area (Å²) in [6.07, 6.45) is 3.74. The lowest BCUT2D eigenvalue weighted by molar-refractivity contribution is -0.127. The highest BCUT2D eigenvalue weighted by Gasteiger charge is 2.39. The SMILES string of the molecule is CC(C(=O)Nc1cccc(N)c1)N1CCOC2CCCC21. The maximum absolute atomic E-state index is 12.5. The Balaban J connectivity index is 1.66. The van der Waals surface area contributed by atoms with Crippen LogP contribution in [0.1, 0.15) is 26.2 Å². The van der Waals surface area contributed by atoms with Crippen LogP contribution in [0.3, 0.4) is 0 Å². The zero-order chi connectivity index (χ0) is 14.8. The topological polar surface area (TPSA) is 67.6 Å². The predicted octanol–water partition coefficient (Wildman–Crippen LogP) is 1.85. The normalized spacial score (nSPS) is 27.1. The summed E-state index contributed by atoms with van der Waals surface area (Å²) in [5.41, 5.74) is 7.15. The molecule has 21 heavy (non-hydrogen) atoms.